The number of ether oxygens (including phenoxy) is 1. The van der Waals surface area contributed by atoms with E-state index < -0.39 is 23.5 Å². The van der Waals surface area contributed by atoms with Crippen molar-refractivity contribution < 1.29 is 32.2 Å². The van der Waals surface area contributed by atoms with Crippen molar-refractivity contribution in [3.8, 4) is 16.3 Å². The molecule has 0 aliphatic rings. The fourth-order valence-electron chi connectivity index (χ4n) is 3.55. The average Bonchev–Trinajstić information content (AvgIpc) is 3.30. The number of carboxylic acid groups (broad SMARTS) is 1. The van der Waals surface area contributed by atoms with E-state index in [9.17, 15) is 22.4 Å². The van der Waals surface area contributed by atoms with E-state index in [0.29, 0.717) is 22.5 Å². The van der Waals surface area contributed by atoms with Gasteiger partial charge in [0.1, 0.15) is 29.7 Å². The van der Waals surface area contributed by atoms with Crippen molar-refractivity contribution in [2.24, 2.45) is 0 Å². The zero-order chi connectivity index (χ0) is 23.9. The van der Waals surface area contributed by atoms with E-state index in [2.05, 4.69) is 4.98 Å². The lowest BCUT2D eigenvalue weighted by Gasteiger charge is -2.10. The van der Waals surface area contributed by atoms with E-state index in [0.717, 1.165) is 27.4 Å². The summed E-state index contributed by atoms with van der Waals surface area (Å²) in [6, 6.07) is 8.14. The SMILES string of the molecule is Cc1nc(-c2ccc(C(F)(F)F)c(F)c2)sc1COc1ccc2c(ccn2CC(=O)O)c1C. The molecule has 2 aromatic heterocycles. The van der Waals surface area contributed by atoms with Crippen LogP contribution in [0.3, 0.4) is 0 Å². The number of alkyl halides is 3. The second kappa shape index (κ2) is 8.51. The maximum atomic E-state index is 14.0. The fourth-order valence-corrected chi connectivity index (χ4v) is 4.52. The van der Waals surface area contributed by atoms with Crippen molar-refractivity contribution >= 4 is 28.2 Å². The Bertz CT molecular complexity index is 1360. The Labute approximate surface area is 189 Å². The van der Waals surface area contributed by atoms with Crippen LogP contribution in [0.4, 0.5) is 17.6 Å². The van der Waals surface area contributed by atoms with E-state index in [1.165, 1.54) is 17.4 Å². The molecule has 172 valence electrons. The minimum atomic E-state index is -4.76. The number of halogens is 4. The van der Waals surface area contributed by atoms with Gasteiger partial charge in [0.25, 0.3) is 0 Å². The Balaban J connectivity index is 1.54. The van der Waals surface area contributed by atoms with Crippen molar-refractivity contribution in [2.75, 3.05) is 0 Å². The summed E-state index contributed by atoms with van der Waals surface area (Å²) in [6.07, 6.45) is -3.05. The van der Waals surface area contributed by atoms with Gasteiger partial charge in [-0.15, -0.1) is 11.3 Å². The Kier molecular flexibility index (Phi) is 5.87. The topological polar surface area (TPSA) is 64.4 Å². The highest BCUT2D eigenvalue weighted by Gasteiger charge is 2.34. The Morgan fingerprint density at radius 2 is 1.94 bits per heavy atom. The molecule has 0 amide bonds. The van der Waals surface area contributed by atoms with Crippen LogP contribution in [-0.4, -0.2) is 20.6 Å². The van der Waals surface area contributed by atoms with Crippen LogP contribution in [0.5, 0.6) is 5.75 Å². The van der Waals surface area contributed by atoms with Gasteiger partial charge in [0.05, 0.1) is 16.1 Å². The van der Waals surface area contributed by atoms with E-state index in [-0.39, 0.29) is 18.7 Å². The molecule has 10 heteroatoms. The highest BCUT2D eigenvalue weighted by atomic mass is 32.1. The lowest BCUT2D eigenvalue weighted by atomic mass is 10.1. The Hall–Kier alpha value is -3.40. The molecule has 0 atom stereocenters. The number of carbonyl (C=O) groups is 1. The van der Waals surface area contributed by atoms with Crippen molar-refractivity contribution in [2.45, 2.75) is 33.2 Å². The van der Waals surface area contributed by atoms with E-state index in [1.54, 1.807) is 29.8 Å². The van der Waals surface area contributed by atoms with Gasteiger partial charge in [-0.2, -0.15) is 13.2 Å². The number of aliphatic carboxylic acids is 1. The van der Waals surface area contributed by atoms with Crippen LogP contribution < -0.4 is 4.74 Å². The van der Waals surface area contributed by atoms with Crippen molar-refractivity contribution in [1.29, 1.82) is 0 Å². The van der Waals surface area contributed by atoms with Crippen LogP contribution in [0.15, 0.2) is 42.6 Å². The first-order chi connectivity index (χ1) is 15.5. The highest BCUT2D eigenvalue weighted by molar-refractivity contribution is 7.15. The molecule has 4 aromatic rings. The molecule has 2 aromatic carbocycles. The minimum absolute atomic E-state index is 0.142. The van der Waals surface area contributed by atoms with Crippen molar-refractivity contribution in [1.82, 2.24) is 9.55 Å². The van der Waals surface area contributed by atoms with Crippen LogP contribution >= 0.6 is 11.3 Å². The van der Waals surface area contributed by atoms with Crippen LogP contribution in [0, 0.1) is 19.7 Å². The smallest absolute Gasteiger partial charge is 0.419 e. The summed E-state index contributed by atoms with van der Waals surface area (Å²) >= 11 is 1.22. The predicted molar refractivity (Wildman–Crippen MR) is 116 cm³/mol. The summed E-state index contributed by atoms with van der Waals surface area (Å²) in [5.74, 6) is -1.66. The number of aromatic nitrogens is 2. The molecule has 0 aliphatic carbocycles. The molecular formula is C23H18F4N2O3S. The second-order valence-corrected chi connectivity index (χ2v) is 8.55. The summed E-state index contributed by atoms with van der Waals surface area (Å²) in [5, 5.41) is 10.3. The van der Waals surface area contributed by atoms with Gasteiger partial charge < -0.3 is 14.4 Å². The molecule has 0 unspecified atom stereocenters. The molecule has 4 rings (SSSR count). The quantitative estimate of drug-likeness (QED) is 0.335. The van der Waals surface area contributed by atoms with Crippen molar-refractivity contribution in [3.63, 3.8) is 0 Å². The van der Waals surface area contributed by atoms with Crippen LogP contribution in [0.1, 0.15) is 21.7 Å². The van der Waals surface area contributed by atoms with Gasteiger partial charge in [-0.05, 0) is 44.2 Å². The molecule has 0 saturated carbocycles. The third-order valence-corrected chi connectivity index (χ3v) is 6.43. The molecule has 2 heterocycles. The average molecular weight is 478 g/mol. The first kappa shape index (κ1) is 22.8. The summed E-state index contributed by atoms with van der Waals surface area (Å²) in [4.78, 5) is 16.1. The first-order valence-electron chi connectivity index (χ1n) is 9.81. The molecule has 0 fully saturated rings. The number of fused-ring (bicyclic) bond motifs is 1. The zero-order valence-electron chi connectivity index (χ0n) is 17.5. The maximum absolute atomic E-state index is 14.0. The predicted octanol–water partition coefficient (Wildman–Crippen LogP) is 6.20. The molecule has 0 bridgehead atoms. The molecule has 0 radical (unpaired) electrons. The summed E-state index contributed by atoms with van der Waals surface area (Å²) < 4.78 is 60.0. The number of hydrogen-bond acceptors (Lipinski definition) is 4. The minimum Gasteiger partial charge on any atom is -0.488 e. The highest BCUT2D eigenvalue weighted by Crippen LogP contribution is 2.36. The maximum Gasteiger partial charge on any atom is 0.419 e. The monoisotopic (exact) mass is 478 g/mol. The van der Waals surface area contributed by atoms with Crippen LogP contribution in [0.2, 0.25) is 0 Å². The Morgan fingerprint density at radius 3 is 2.61 bits per heavy atom. The molecular weight excluding hydrogens is 460 g/mol. The number of nitrogens with zero attached hydrogens (tertiary/aromatic N) is 2. The summed E-state index contributed by atoms with van der Waals surface area (Å²) in [6.45, 7) is 3.66. The van der Waals surface area contributed by atoms with E-state index in [1.807, 2.05) is 13.0 Å². The summed E-state index contributed by atoms with van der Waals surface area (Å²) in [7, 11) is 0. The number of benzene rings is 2. The van der Waals surface area contributed by atoms with Gasteiger partial charge >= 0.3 is 12.1 Å². The molecule has 1 N–H and O–H groups in total. The second-order valence-electron chi connectivity index (χ2n) is 7.47. The molecule has 0 aliphatic heterocycles. The third-order valence-electron chi connectivity index (χ3n) is 5.25. The zero-order valence-corrected chi connectivity index (χ0v) is 18.4. The molecule has 0 spiro atoms. The number of carboxylic acids is 1. The largest absolute Gasteiger partial charge is 0.488 e. The van der Waals surface area contributed by atoms with Crippen molar-refractivity contribution in [3.05, 3.63) is 70.1 Å². The van der Waals surface area contributed by atoms with Gasteiger partial charge in [0.15, 0.2) is 0 Å². The van der Waals surface area contributed by atoms with E-state index >= 15 is 0 Å². The number of rotatable bonds is 6. The molecule has 0 saturated heterocycles. The summed E-state index contributed by atoms with van der Waals surface area (Å²) in [5.41, 5.74) is 1.22. The van der Waals surface area contributed by atoms with Gasteiger partial charge in [0.2, 0.25) is 0 Å². The number of hydrogen-bond donors (Lipinski definition) is 1. The fraction of sp³-hybridized carbons (Fsp3) is 0.217. The van der Waals surface area contributed by atoms with Gasteiger partial charge in [-0.3, -0.25) is 4.79 Å². The Morgan fingerprint density at radius 1 is 1.18 bits per heavy atom. The van der Waals surface area contributed by atoms with Gasteiger partial charge in [-0.25, -0.2) is 9.37 Å². The molecule has 5 nitrogen and oxygen atoms in total. The van der Waals surface area contributed by atoms with Crippen LogP contribution in [0.25, 0.3) is 21.5 Å². The lowest BCUT2D eigenvalue weighted by Crippen LogP contribution is -2.07. The first-order valence-corrected chi connectivity index (χ1v) is 10.6. The van der Waals surface area contributed by atoms with Crippen LogP contribution in [-0.2, 0) is 24.1 Å². The normalized spacial score (nSPS) is 11.8. The standard InChI is InChI=1S/C23H18F4N2O3S/c1-12-15-7-8-29(10-21(30)31)18(15)5-6-19(12)32-11-20-13(2)28-22(33-20)14-3-4-16(17(24)9-14)23(25,26)27/h3-9H,10-11H2,1-2H3,(H,30,31). The molecule has 33 heavy (non-hydrogen) atoms. The van der Waals surface area contributed by atoms with Gasteiger partial charge in [-0.1, -0.05) is 6.07 Å². The van der Waals surface area contributed by atoms with Gasteiger partial charge in [0, 0.05) is 28.2 Å². The van der Waals surface area contributed by atoms with E-state index in [4.69, 9.17) is 9.84 Å². The third kappa shape index (κ3) is 4.56. The lowest BCUT2D eigenvalue weighted by molar-refractivity contribution is -0.140. The number of aryl methyl sites for hydroxylation is 2. The number of thiazole rings is 1.